The zero-order valence-corrected chi connectivity index (χ0v) is 20.6. The summed E-state index contributed by atoms with van der Waals surface area (Å²) >= 11 is 0. The van der Waals surface area contributed by atoms with E-state index in [0.717, 1.165) is 29.7 Å². The number of nitrogens with zero attached hydrogens (tertiary/aromatic N) is 2. The van der Waals surface area contributed by atoms with Crippen LogP contribution in [0.3, 0.4) is 0 Å². The van der Waals surface area contributed by atoms with E-state index in [0.29, 0.717) is 32.2 Å². The summed E-state index contributed by atoms with van der Waals surface area (Å²) in [6, 6.07) is 4.95. The molecular weight excluding hydrogens is 448 g/mol. The Bertz CT molecular complexity index is 989. The van der Waals surface area contributed by atoms with E-state index in [2.05, 4.69) is 6.58 Å². The molecule has 0 aromatic heterocycles. The second kappa shape index (κ2) is 10.1. The van der Waals surface area contributed by atoms with Gasteiger partial charge in [-0.05, 0) is 50.7 Å². The number of carboxylic acid groups (broad SMARTS) is 1. The number of fused-ring (bicyclic) bond motifs is 1. The van der Waals surface area contributed by atoms with E-state index in [-0.39, 0.29) is 25.0 Å². The fourth-order valence-electron chi connectivity index (χ4n) is 6.50. The smallest absolute Gasteiger partial charge is 0.310 e. The molecule has 0 aliphatic carbocycles. The molecule has 1 aromatic rings. The molecule has 0 unspecified atom stereocenters. The Hall–Kier alpha value is -2.71. The van der Waals surface area contributed by atoms with Gasteiger partial charge in [-0.1, -0.05) is 37.1 Å². The maximum absolute atomic E-state index is 14.4. The molecule has 5 atom stereocenters. The first kappa shape index (κ1) is 25.4. The van der Waals surface area contributed by atoms with E-state index < -0.39 is 35.6 Å². The number of hydrogen-bond acceptors (Lipinski definition) is 5. The van der Waals surface area contributed by atoms with Gasteiger partial charge in [-0.3, -0.25) is 14.4 Å². The number of aliphatic carboxylic acids is 1. The van der Waals surface area contributed by atoms with Crippen LogP contribution in [0.5, 0.6) is 0 Å². The lowest BCUT2D eigenvalue weighted by molar-refractivity contribution is -0.149. The second-order valence-corrected chi connectivity index (χ2v) is 10.0. The number of hydrogen-bond donors (Lipinski definition) is 2. The van der Waals surface area contributed by atoms with Gasteiger partial charge in [0.15, 0.2) is 0 Å². The van der Waals surface area contributed by atoms with Crippen LogP contribution in [0.2, 0.25) is 0 Å². The summed E-state index contributed by atoms with van der Waals surface area (Å²) in [6.07, 6.45) is 5.14. The van der Waals surface area contributed by atoms with Gasteiger partial charge < -0.3 is 24.7 Å². The lowest BCUT2D eigenvalue weighted by Crippen LogP contribution is -2.56. The second-order valence-electron chi connectivity index (χ2n) is 10.0. The molecule has 2 N–H and O–H groups in total. The van der Waals surface area contributed by atoms with E-state index in [9.17, 15) is 19.5 Å². The fraction of sp³-hybridized carbons (Fsp3) is 0.593. The molecule has 4 rings (SSSR count). The van der Waals surface area contributed by atoms with Crippen molar-refractivity contribution in [1.29, 1.82) is 0 Å². The highest BCUT2D eigenvalue weighted by Crippen LogP contribution is 2.58. The number of carbonyl (C=O) groups excluding carboxylic acids is 2. The molecule has 2 bridgehead atoms. The number of ether oxygens (including phenoxy) is 1. The summed E-state index contributed by atoms with van der Waals surface area (Å²) in [6.45, 7) is 8.49. The van der Waals surface area contributed by atoms with Crippen molar-refractivity contribution in [1.82, 2.24) is 4.90 Å². The number of para-hydroxylation sites is 1. The molecule has 3 fully saturated rings. The number of aliphatic hydroxyl groups is 1. The predicted octanol–water partition coefficient (Wildman–Crippen LogP) is 2.83. The van der Waals surface area contributed by atoms with Gasteiger partial charge in [0.2, 0.25) is 5.91 Å². The lowest BCUT2D eigenvalue weighted by Gasteiger charge is -2.37. The van der Waals surface area contributed by atoms with Gasteiger partial charge in [0.05, 0.1) is 17.9 Å². The first-order valence-electron chi connectivity index (χ1n) is 12.6. The Kier molecular flexibility index (Phi) is 7.33. The number of likely N-dealkylation sites (tertiary alicyclic amines) is 1. The van der Waals surface area contributed by atoms with Crippen molar-refractivity contribution in [2.24, 2.45) is 11.8 Å². The Morgan fingerprint density at radius 1 is 1.23 bits per heavy atom. The van der Waals surface area contributed by atoms with Crippen molar-refractivity contribution in [2.75, 3.05) is 24.6 Å². The van der Waals surface area contributed by atoms with Crippen molar-refractivity contribution in [3.63, 3.8) is 0 Å². The van der Waals surface area contributed by atoms with Crippen LogP contribution in [0.4, 0.5) is 5.69 Å². The molecule has 1 spiro atoms. The van der Waals surface area contributed by atoms with Crippen LogP contribution in [-0.2, 0) is 19.1 Å². The standard InChI is InChI=1S/C27H36N2O6/c1-4-14-28(22-17(2)10-9-11-18(22)3)25(32)23-27-13-12-19(35-27)20(26(33)34)21(27)24(31)29(23)15-7-5-6-8-16-30/h4,9-11,19-21,23,30H,1,5-8,12-16H2,2-3H3,(H,33,34)/t19-,20+,21+,23-,27+/m0/s1. The van der Waals surface area contributed by atoms with Gasteiger partial charge in [-0.25, -0.2) is 0 Å². The molecule has 2 amide bonds. The molecule has 8 heteroatoms. The number of rotatable bonds is 11. The third-order valence-electron chi connectivity index (χ3n) is 7.91. The number of aryl methyl sites for hydroxylation is 2. The molecule has 0 radical (unpaired) electrons. The quantitative estimate of drug-likeness (QED) is 0.369. The summed E-state index contributed by atoms with van der Waals surface area (Å²) in [5, 5.41) is 19.0. The Morgan fingerprint density at radius 3 is 2.54 bits per heavy atom. The molecule has 8 nitrogen and oxygen atoms in total. The van der Waals surface area contributed by atoms with Crippen molar-refractivity contribution in [2.45, 2.75) is 70.1 Å². The van der Waals surface area contributed by atoms with Gasteiger partial charge >= 0.3 is 5.97 Å². The topological polar surface area (TPSA) is 107 Å². The predicted molar refractivity (Wildman–Crippen MR) is 131 cm³/mol. The number of carbonyl (C=O) groups is 3. The van der Waals surface area contributed by atoms with Crippen LogP contribution in [-0.4, -0.2) is 70.3 Å². The summed E-state index contributed by atoms with van der Waals surface area (Å²) < 4.78 is 6.31. The first-order valence-corrected chi connectivity index (χ1v) is 12.6. The monoisotopic (exact) mass is 484 g/mol. The van der Waals surface area contributed by atoms with Crippen LogP contribution in [0.25, 0.3) is 0 Å². The molecule has 35 heavy (non-hydrogen) atoms. The lowest BCUT2D eigenvalue weighted by atomic mass is 9.70. The average Bonchev–Trinajstić information content (AvgIpc) is 3.45. The van der Waals surface area contributed by atoms with Crippen LogP contribution in [0.15, 0.2) is 30.9 Å². The number of amides is 2. The van der Waals surface area contributed by atoms with Crippen molar-refractivity contribution in [3.05, 3.63) is 42.0 Å². The minimum atomic E-state index is -1.12. The molecule has 1 aromatic carbocycles. The largest absolute Gasteiger partial charge is 0.481 e. The highest BCUT2D eigenvalue weighted by molar-refractivity contribution is 6.05. The van der Waals surface area contributed by atoms with Crippen molar-refractivity contribution >= 4 is 23.5 Å². The van der Waals surface area contributed by atoms with Crippen molar-refractivity contribution in [3.8, 4) is 0 Å². The minimum absolute atomic E-state index is 0.122. The number of carboxylic acids is 1. The number of aliphatic hydroxyl groups excluding tert-OH is 1. The van der Waals surface area contributed by atoms with Gasteiger partial charge in [-0.2, -0.15) is 0 Å². The zero-order valence-electron chi connectivity index (χ0n) is 20.6. The average molecular weight is 485 g/mol. The van der Waals surface area contributed by atoms with Crippen LogP contribution in [0, 0.1) is 25.7 Å². The van der Waals surface area contributed by atoms with Crippen LogP contribution >= 0.6 is 0 Å². The van der Waals surface area contributed by atoms with E-state index >= 15 is 0 Å². The number of anilines is 1. The molecule has 0 saturated carbocycles. The Labute approximate surface area is 206 Å². The summed E-state index contributed by atoms with van der Waals surface area (Å²) in [7, 11) is 0. The Balaban J connectivity index is 1.73. The molecule has 3 aliphatic heterocycles. The van der Waals surface area contributed by atoms with Gasteiger partial charge in [0, 0.05) is 25.4 Å². The summed E-state index contributed by atoms with van der Waals surface area (Å²) in [5.74, 6) is -3.36. The fourth-order valence-corrected chi connectivity index (χ4v) is 6.50. The van der Waals surface area contributed by atoms with E-state index in [1.807, 2.05) is 32.0 Å². The third-order valence-corrected chi connectivity index (χ3v) is 7.91. The Morgan fingerprint density at radius 2 is 1.91 bits per heavy atom. The minimum Gasteiger partial charge on any atom is -0.481 e. The number of unbranched alkanes of at least 4 members (excludes halogenated alkanes) is 3. The highest BCUT2D eigenvalue weighted by Gasteiger charge is 2.74. The molecule has 190 valence electrons. The molecular formula is C27H36N2O6. The van der Waals surface area contributed by atoms with Crippen molar-refractivity contribution < 1.29 is 29.3 Å². The summed E-state index contributed by atoms with van der Waals surface area (Å²) in [4.78, 5) is 43.5. The molecule has 3 aliphatic rings. The molecule has 3 heterocycles. The maximum atomic E-state index is 14.4. The SMILES string of the molecule is C=CCN(C(=O)[C@@H]1N(CCCCCCO)C(=O)[C@H]2[C@H](C(=O)O)[C@@H]3CC[C@]12O3)c1c(C)cccc1C. The van der Waals surface area contributed by atoms with Crippen LogP contribution in [0.1, 0.15) is 49.7 Å². The summed E-state index contributed by atoms with van der Waals surface area (Å²) in [5.41, 5.74) is 1.54. The zero-order chi connectivity index (χ0) is 25.3. The molecule has 3 saturated heterocycles. The highest BCUT2D eigenvalue weighted by atomic mass is 16.5. The number of benzene rings is 1. The first-order chi connectivity index (χ1) is 16.8. The van der Waals surface area contributed by atoms with Gasteiger partial charge in [0.25, 0.3) is 5.91 Å². The van der Waals surface area contributed by atoms with Crippen LogP contribution < -0.4 is 4.90 Å². The van der Waals surface area contributed by atoms with Gasteiger partial charge in [-0.15, -0.1) is 6.58 Å². The van der Waals surface area contributed by atoms with E-state index in [1.165, 1.54) is 0 Å². The van der Waals surface area contributed by atoms with E-state index in [4.69, 9.17) is 9.84 Å². The van der Waals surface area contributed by atoms with E-state index in [1.54, 1.807) is 15.9 Å². The third kappa shape index (κ3) is 4.16. The normalized spacial score (nSPS) is 28.9. The maximum Gasteiger partial charge on any atom is 0.310 e. The van der Waals surface area contributed by atoms with Gasteiger partial charge in [0.1, 0.15) is 11.6 Å².